The highest BCUT2D eigenvalue weighted by atomic mass is 16.2. The fraction of sp³-hybridized carbons (Fsp3) is 0.550. The van der Waals surface area contributed by atoms with E-state index in [1.807, 2.05) is 20.8 Å². The summed E-state index contributed by atoms with van der Waals surface area (Å²) >= 11 is 0. The summed E-state index contributed by atoms with van der Waals surface area (Å²) in [5.41, 5.74) is 0.635. The molecule has 1 saturated heterocycles. The SMILES string of the molecule is Cn1nc(C(=O)N2CCC(Cn3cnc(C(C)(C)C)cc3=O)CC2)ccc1=O. The van der Waals surface area contributed by atoms with Crippen LogP contribution in [-0.2, 0) is 19.0 Å². The first-order valence-corrected chi connectivity index (χ1v) is 9.56. The third-order valence-electron chi connectivity index (χ3n) is 5.18. The van der Waals surface area contributed by atoms with Gasteiger partial charge in [0.2, 0.25) is 0 Å². The number of aromatic nitrogens is 4. The van der Waals surface area contributed by atoms with E-state index in [9.17, 15) is 14.4 Å². The minimum atomic E-state index is -0.244. The molecule has 0 radical (unpaired) electrons. The van der Waals surface area contributed by atoms with Crippen LogP contribution >= 0.6 is 0 Å². The van der Waals surface area contributed by atoms with Crippen LogP contribution in [0.1, 0.15) is 49.8 Å². The maximum atomic E-state index is 12.6. The van der Waals surface area contributed by atoms with Crippen LogP contribution in [0.15, 0.2) is 34.1 Å². The fourth-order valence-corrected chi connectivity index (χ4v) is 3.35. The molecule has 1 fully saturated rings. The van der Waals surface area contributed by atoms with E-state index in [0.29, 0.717) is 25.6 Å². The average Bonchev–Trinajstić information content (AvgIpc) is 2.65. The zero-order chi connectivity index (χ0) is 20.5. The van der Waals surface area contributed by atoms with Crippen molar-refractivity contribution in [3.8, 4) is 0 Å². The van der Waals surface area contributed by atoms with Crippen LogP contribution < -0.4 is 11.1 Å². The standard InChI is InChI=1S/C20H27N5O3/c1-20(2,3)16-11-18(27)25(13-21-16)12-14-7-9-24(10-8-14)19(28)15-5-6-17(26)23(4)22-15/h5-6,11,13-14H,7-10,12H2,1-4H3. The van der Waals surface area contributed by atoms with Crippen molar-refractivity contribution in [3.63, 3.8) is 0 Å². The number of carbonyl (C=O) groups is 1. The van der Waals surface area contributed by atoms with Crippen molar-refractivity contribution in [2.45, 2.75) is 45.6 Å². The molecule has 1 amide bonds. The summed E-state index contributed by atoms with van der Waals surface area (Å²) in [5, 5.41) is 4.03. The molecule has 8 nitrogen and oxygen atoms in total. The summed E-state index contributed by atoms with van der Waals surface area (Å²) in [6.45, 7) is 7.92. The van der Waals surface area contributed by atoms with Crippen molar-refractivity contribution in [1.82, 2.24) is 24.2 Å². The molecule has 2 aromatic heterocycles. The van der Waals surface area contributed by atoms with Gasteiger partial charge in [-0.1, -0.05) is 20.8 Å². The minimum absolute atomic E-state index is 0.0344. The Balaban J connectivity index is 1.61. The highest BCUT2D eigenvalue weighted by molar-refractivity contribution is 5.92. The number of piperidine rings is 1. The molecular formula is C20H27N5O3. The predicted molar refractivity (Wildman–Crippen MR) is 105 cm³/mol. The first kappa shape index (κ1) is 20.0. The van der Waals surface area contributed by atoms with E-state index >= 15 is 0 Å². The van der Waals surface area contributed by atoms with Crippen molar-refractivity contribution in [3.05, 3.63) is 56.6 Å². The van der Waals surface area contributed by atoms with Crippen molar-refractivity contribution < 1.29 is 4.79 Å². The van der Waals surface area contributed by atoms with Gasteiger partial charge >= 0.3 is 0 Å². The van der Waals surface area contributed by atoms with Crippen molar-refractivity contribution in [1.29, 1.82) is 0 Å². The second-order valence-electron chi connectivity index (χ2n) is 8.43. The van der Waals surface area contributed by atoms with Crippen molar-refractivity contribution in [2.24, 2.45) is 13.0 Å². The van der Waals surface area contributed by atoms with Crippen LogP contribution in [0.3, 0.4) is 0 Å². The molecule has 1 aliphatic rings. The second kappa shape index (κ2) is 7.69. The van der Waals surface area contributed by atoms with Gasteiger partial charge in [-0.05, 0) is 24.8 Å². The quantitative estimate of drug-likeness (QED) is 0.792. The molecule has 0 bridgehead atoms. The monoisotopic (exact) mass is 385 g/mol. The summed E-state index contributed by atoms with van der Waals surface area (Å²) in [6, 6.07) is 4.44. The number of amides is 1. The van der Waals surface area contributed by atoms with Gasteiger partial charge < -0.3 is 4.90 Å². The molecule has 150 valence electrons. The largest absolute Gasteiger partial charge is 0.337 e. The lowest BCUT2D eigenvalue weighted by atomic mass is 9.92. The topological polar surface area (TPSA) is 90.1 Å². The molecule has 0 aliphatic carbocycles. The Morgan fingerprint density at radius 2 is 1.82 bits per heavy atom. The molecule has 2 aromatic rings. The van der Waals surface area contributed by atoms with Gasteiger partial charge in [-0.2, -0.15) is 5.10 Å². The Morgan fingerprint density at radius 3 is 2.39 bits per heavy atom. The van der Waals surface area contributed by atoms with E-state index < -0.39 is 0 Å². The molecule has 0 spiro atoms. The molecule has 8 heteroatoms. The Morgan fingerprint density at radius 1 is 1.14 bits per heavy atom. The lowest BCUT2D eigenvalue weighted by Crippen LogP contribution is -2.41. The van der Waals surface area contributed by atoms with Crippen LogP contribution in [0.5, 0.6) is 0 Å². The summed E-state index contributed by atoms with van der Waals surface area (Å²) in [6.07, 6.45) is 3.25. The maximum absolute atomic E-state index is 12.6. The van der Waals surface area contributed by atoms with Gasteiger partial charge in [0, 0.05) is 44.2 Å². The van der Waals surface area contributed by atoms with Gasteiger partial charge in [0.15, 0.2) is 0 Å². The first-order valence-electron chi connectivity index (χ1n) is 9.56. The molecule has 3 rings (SSSR count). The lowest BCUT2D eigenvalue weighted by Gasteiger charge is -2.32. The molecule has 0 N–H and O–H groups in total. The normalized spacial score (nSPS) is 15.6. The lowest BCUT2D eigenvalue weighted by molar-refractivity contribution is 0.0673. The third-order valence-corrected chi connectivity index (χ3v) is 5.18. The molecule has 3 heterocycles. The van der Waals surface area contributed by atoms with Gasteiger partial charge in [0.1, 0.15) is 5.69 Å². The van der Waals surface area contributed by atoms with Crippen LogP contribution in [0.2, 0.25) is 0 Å². The smallest absolute Gasteiger partial charge is 0.274 e. The highest BCUT2D eigenvalue weighted by Crippen LogP contribution is 2.21. The molecular weight excluding hydrogens is 358 g/mol. The van der Waals surface area contributed by atoms with E-state index in [0.717, 1.165) is 18.5 Å². The molecule has 0 atom stereocenters. The summed E-state index contributed by atoms with van der Waals surface area (Å²) in [7, 11) is 1.53. The van der Waals surface area contributed by atoms with Crippen molar-refractivity contribution >= 4 is 5.91 Å². The van der Waals surface area contributed by atoms with Crippen LogP contribution in [-0.4, -0.2) is 43.2 Å². The van der Waals surface area contributed by atoms with Gasteiger partial charge in [0.05, 0.1) is 12.0 Å². The van der Waals surface area contributed by atoms with E-state index in [2.05, 4.69) is 10.1 Å². The first-order chi connectivity index (χ1) is 13.1. The van der Waals surface area contributed by atoms with Gasteiger partial charge in [0.25, 0.3) is 17.0 Å². The maximum Gasteiger partial charge on any atom is 0.274 e. The Hall–Kier alpha value is -2.77. The second-order valence-corrected chi connectivity index (χ2v) is 8.43. The van der Waals surface area contributed by atoms with Crippen LogP contribution in [0, 0.1) is 5.92 Å². The third kappa shape index (κ3) is 4.37. The van der Waals surface area contributed by atoms with Crippen LogP contribution in [0.25, 0.3) is 0 Å². The predicted octanol–water partition coefficient (Wildman–Crippen LogP) is 1.19. The highest BCUT2D eigenvalue weighted by Gasteiger charge is 2.25. The molecule has 1 aliphatic heterocycles. The van der Waals surface area contributed by atoms with Crippen LogP contribution in [0.4, 0.5) is 0 Å². The summed E-state index contributed by atoms with van der Waals surface area (Å²) < 4.78 is 2.83. The number of likely N-dealkylation sites (tertiary alicyclic amines) is 1. The molecule has 28 heavy (non-hydrogen) atoms. The zero-order valence-electron chi connectivity index (χ0n) is 16.9. The van der Waals surface area contributed by atoms with Gasteiger partial charge in [-0.15, -0.1) is 0 Å². The van der Waals surface area contributed by atoms with E-state index in [-0.39, 0.29) is 28.1 Å². The number of aryl methyl sites for hydroxylation is 1. The molecule has 0 aromatic carbocycles. The summed E-state index contributed by atoms with van der Waals surface area (Å²) in [5.74, 6) is 0.152. The Bertz CT molecular complexity index is 978. The number of nitrogens with zero attached hydrogens (tertiary/aromatic N) is 5. The van der Waals surface area contributed by atoms with Crippen molar-refractivity contribution in [2.75, 3.05) is 13.1 Å². The van der Waals surface area contributed by atoms with Gasteiger partial charge in [-0.25, -0.2) is 9.67 Å². The minimum Gasteiger partial charge on any atom is -0.337 e. The van der Waals surface area contributed by atoms with E-state index in [1.54, 1.807) is 21.9 Å². The van der Waals surface area contributed by atoms with Gasteiger partial charge in [-0.3, -0.25) is 19.0 Å². The fourth-order valence-electron chi connectivity index (χ4n) is 3.35. The molecule has 0 unspecified atom stereocenters. The number of carbonyl (C=O) groups excluding carboxylic acids is 1. The zero-order valence-corrected chi connectivity index (χ0v) is 16.9. The Labute approximate surface area is 163 Å². The number of hydrogen-bond donors (Lipinski definition) is 0. The number of hydrogen-bond acceptors (Lipinski definition) is 5. The van der Waals surface area contributed by atoms with E-state index in [1.165, 1.54) is 23.9 Å². The van der Waals surface area contributed by atoms with E-state index in [4.69, 9.17) is 0 Å². The average molecular weight is 385 g/mol. The summed E-state index contributed by atoms with van der Waals surface area (Å²) in [4.78, 5) is 42.6. The number of rotatable bonds is 3. The Kier molecular flexibility index (Phi) is 5.49. The molecule has 0 saturated carbocycles.